The fraction of sp³-hybridized carbons (Fsp3) is 0.381. The zero-order valence-corrected chi connectivity index (χ0v) is 15.2. The highest BCUT2D eigenvalue weighted by atomic mass is 16.5. The monoisotopic (exact) mass is 354 g/mol. The average molecular weight is 354 g/mol. The van der Waals surface area contributed by atoms with Crippen molar-refractivity contribution < 1.29 is 14.3 Å². The van der Waals surface area contributed by atoms with E-state index in [1.54, 1.807) is 12.0 Å². The number of ether oxygens (including phenoxy) is 2. The van der Waals surface area contributed by atoms with Crippen LogP contribution in [0.25, 0.3) is 0 Å². The molecule has 26 heavy (non-hydrogen) atoms. The van der Waals surface area contributed by atoms with Gasteiger partial charge in [-0.2, -0.15) is 0 Å². The summed E-state index contributed by atoms with van der Waals surface area (Å²) in [5.41, 5.74) is 1.95. The molecule has 3 rings (SSSR count). The molecular formula is C21H26N2O3. The van der Waals surface area contributed by atoms with Gasteiger partial charge in [-0.25, -0.2) is 0 Å². The van der Waals surface area contributed by atoms with Crippen molar-refractivity contribution in [3.63, 3.8) is 0 Å². The molecule has 1 atom stereocenters. The molecule has 0 aromatic heterocycles. The summed E-state index contributed by atoms with van der Waals surface area (Å²) in [4.78, 5) is 14.7. The van der Waals surface area contributed by atoms with E-state index in [1.165, 1.54) is 0 Å². The third kappa shape index (κ3) is 5.07. The first-order valence-corrected chi connectivity index (χ1v) is 9.07. The van der Waals surface area contributed by atoms with E-state index in [4.69, 9.17) is 9.47 Å². The minimum atomic E-state index is 0.0389. The van der Waals surface area contributed by atoms with Gasteiger partial charge in [-0.3, -0.25) is 4.79 Å². The molecule has 2 aromatic rings. The SMILES string of the molecule is COc1ccc(N(Cc2ccccc2)C(=O)CNCC2CCCO2)cc1. The molecule has 0 aliphatic carbocycles. The molecule has 2 aromatic carbocycles. The highest BCUT2D eigenvalue weighted by Crippen LogP contribution is 2.21. The largest absolute Gasteiger partial charge is 0.497 e. The molecule has 0 saturated carbocycles. The van der Waals surface area contributed by atoms with Crippen molar-refractivity contribution in [2.75, 3.05) is 31.7 Å². The minimum Gasteiger partial charge on any atom is -0.497 e. The molecule has 1 aliphatic rings. The Balaban J connectivity index is 1.67. The molecule has 1 amide bonds. The number of amides is 1. The van der Waals surface area contributed by atoms with Gasteiger partial charge in [0.05, 0.1) is 26.3 Å². The molecule has 1 fully saturated rings. The van der Waals surface area contributed by atoms with Crippen LogP contribution < -0.4 is 15.0 Å². The summed E-state index contributed by atoms with van der Waals surface area (Å²) in [7, 11) is 1.64. The van der Waals surface area contributed by atoms with Crippen LogP contribution in [0.15, 0.2) is 54.6 Å². The summed E-state index contributed by atoms with van der Waals surface area (Å²) in [6.07, 6.45) is 2.39. The summed E-state index contributed by atoms with van der Waals surface area (Å²) in [5, 5.41) is 3.24. The zero-order chi connectivity index (χ0) is 18.2. The molecule has 0 spiro atoms. The van der Waals surface area contributed by atoms with E-state index in [0.29, 0.717) is 19.6 Å². The molecule has 0 radical (unpaired) electrons. The Morgan fingerprint density at radius 2 is 1.96 bits per heavy atom. The van der Waals surface area contributed by atoms with E-state index < -0.39 is 0 Å². The highest BCUT2D eigenvalue weighted by molar-refractivity contribution is 5.94. The Morgan fingerprint density at radius 1 is 1.19 bits per heavy atom. The topological polar surface area (TPSA) is 50.8 Å². The molecule has 5 heteroatoms. The second kappa shape index (κ2) is 9.36. The van der Waals surface area contributed by atoms with Gasteiger partial charge in [0.15, 0.2) is 0 Å². The van der Waals surface area contributed by atoms with Crippen molar-refractivity contribution >= 4 is 11.6 Å². The van der Waals surface area contributed by atoms with Crippen molar-refractivity contribution in [2.24, 2.45) is 0 Å². The number of carbonyl (C=O) groups is 1. The van der Waals surface area contributed by atoms with E-state index in [2.05, 4.69) is 5.32 Å². The highest BCUT2D eigenvalue weighted by Gasteiger charge is 2.19. The van der Waals surface area contributed by atoms with E-state index in [9.17, 15) is 4.79 Å². The third-order valence-electron chi connectivity index (χ3n) is 4.54. The summed E-state index contributed by atoms with van der Waals surface area (Å²) in [6, 6.07) is 17.6. The molecule has 1 heterocycles. The molecule has 1 aliphatic heterocycles. The van der Waals surface area contributed by atoms with Crippen LogP contribution in [0.1, 0.15) is 18.4 Å². The van der Waals surface area contributed by atoms with Gasteiger partial charge in [-0.1, -0.05) is 30.3 Å². The van der Waals surface area contributed by atoms with Gasteiger partial charge in [0.1, 0.15) is 5.75 Å². The first-order valence-electron chi connectivity index (χ1n) is 9.07. The fourth-order valence-electron chi connectivity index (χ4n) is 3.09. The maximum absolute atomic E-state index is 12.9. The van der Waals surface area contributed by atoms with Gasteiger partial charge in [-0.05, 0) is 42.7 Å². The van der Waals surface area contributed by atoms with Gasteiger partial charge in [0, 0.05) is 18.8 Å². The Labute approximate surface area is 154 Å². The summed E-state index contributed by atoms with van der Waals surface area (Å²) in [6.45, 7) is 2.37. The van der Waals surface area contributed by atoms with Crippen LogP contribution in [-0.2, 0) is 16.1 Å². The summed E-state index contributed by atoms with van der Waals surface area (Å²) in [5.74, 6) is 0.814. The van der Waals surface area contributed by atoms with Crippen molar-refractivity contribution in [3.05, 3.63) is 60.2 Å². The molecule has 1 N–H and O–H groups in total. The van der Waals surface area contributed by atoms with Gasteiger partial charge in [0.2, 0.25) is 5.91 Å². The predicted molar refractivity (Wildman–Crippen MR) is 102 cm³/mol. The molecule has 5 nitrogen and oxygen atoms in total. The Morgan fingerprint density at radius 3 is 2.62 bits per heavy atom. The van der Waals surface area contributed by atoms with Crippen molar-refractivity contribution in [1.82, 2.24) is 5.32 Å². The Bertz CT molecular complexity index is 682. The predicted octanol–water partition coefficient (Wildman–Crippen LogP) is 3.00. The van der Waals surface area contributed by atoms with Crippen LogP contribution in [0.3, 0.4) is 0 Å². The van der Waals surface area contributed by atoms with Crippen LogP contribution in [0.2, 0.25) is 0 Å². The van der Waals surface area contributed by atoms with Gasteiger partial charge in [-0.15, -0.1) is 0 Å². The van der Waals surface area contributed by atoms with E-state index >= 15 is 0 Å². The van der Waals surface area contributed by atoms with E-state index in [-0.39, 0.29) is 12.0 Å². The smallest absolute Gasteiger partial charge is 0.241 e. The second-order valence-electron chi connectivity index (χ2n) is 6.43. The quantitative estimate of drug-likeness (QED) is 0.792. The summed E-state index contributed by atoms with van der Waals surface area (Å²) >= 11 is 0. The van der Waals surface area contributed by atoms with E-state index in [1.807, 2.05) is 54.6 Å². The summed E-state index contributed by atoms with van der Waals surface area (Å²) < 4.78 is 10.8. The lowest BCUT2D eigenvalue weighted by Crippen LogP contribution is -2.40. The average Bonchev–Trinajstić information content (AvgIpc) is 3.20. The third-order valence-corrected chi connectivity index (χ3v) is 4.54. The second-order valence-corrected chi connectivity index (χ2v) is 6.43. The molecule has 0 bridgehead atoms. The number of hydrogen-bond donors (Lipinski definition) is 1. The molecule has 1 unspecified atom stereocenters. The van der Waals surface area contributed by atoms with Gasteiger partial charge in [0.25, 0.3) is 0 Å². The molecule has 1 saturated heterocycles. The molecule has 138 valence electrons. The minimum absolute atomic E-state index is 0.0389. The van der Waals surface area contributed by atoms with Crippen LogP contribution >= 0.6 is 0 Å². The van der Waals surface area contributed by atoms with Crippen LogP contribution in [0, 0.1) is 0 Å². The maximum atomic E-state index is 12.9. The van der Waals surface area contributed by atoms with Gasteiger partial charge < -0.3 is 19.7 Å². The standard InChI is InChI=1S/C21H26N2O3/c1-25-19-11-9-18(10-12-19)23(16-17-6-3-2-4-7-17)21(24)15-22-14-20-8-5-13-26-20/h2-4,6-7,9-12,20,22H,5,8,13-16H2,1H3. The lowest BCUT2D eigenvalue weighted by Gasteiger charge is -2.24. The first kappa shape index (κ1) is 18.4. The van der Waals surface area contributed by atoms with Crippen LogP contribution in [0.4, 0.5) is 5.69 Å². The fourth-order valence-corrected chi connectivity index (χ4v) is 3.09. The number of rotatable bonds is 8. The normalized spacial score (nSPS) is 16.4. The van der Waals surface area contributed by atoms with Crippen molar-refractivity contribution in [1.29, 1.82) is 0 Å². The Kier molecular flexibility index (Phi) is 6.63. The van der Waals surface area contributed by atoms with Crippen LogP contribution in [0.5, 0.6) is 5.75 Å². The lowest BCUT2D eigenvalue weighted by atomic mass is 10.2. The number of methoxy groups -OCH3 is 1. The van der Waals surface area contributed by atoms with Crippen LogP contribution in [-0.4, -0.2) is 38.8 Å². The number of nitrogens with one attached hydrogen (secondary N) is 1. The number of benzene rings is 2. The molecular weight excluding hydrogens is 328 g/mol. The number of anilines is 1. The van der Waals surface area contributed by atoms with Crippen molar-refractivity contribution in [3.8, 4) is 5.75 Å². The maximum Gasteiger partial charge on any atom is 0.241 e. The lowest BCUT2D eigenvalue weighted by molar-refractivity contribution is -0.118. The van der Waals surface area contributed by atoms with E-state index in [0.717, 1.165) is 36.4 Å². The first-order chi connectivity index (χ1) is 12.8. The Hall–Kier alpha value is -2.37. The number of nitrogens with zero attached hydrogens (tertiary/aromatic N) is 1. The van der Waals surface area contributed by atoms with Gasteiger partial charge >= 0.3 is 0 Å². The van der Waals surface area contributed by atoms with Crippen molar-refractivity contribution in [2.45, 2.75) is 25.5 Å². The number of hydrogen-bond acceptors (Lipinski definition) is 4. The number of carbonyl (C=O) groups excluding carboxylic acids is 1. The zero-order valence-electron chi connectivity index (χ0n) is 15.2.